The second kappa shape index (κ2) is 7.48. The van der Waals surface area contributed by atoms with Crippen molar-refractivity contribution < 1.29 is 14.3 Å². The van der Waals surface area contributed by atoms with E-state index in [-0.39, 0.29) is 5.97 Å². The van der Waals surface area contributed by atoms with Gasteiger partial charge in [0, 0.05) is 0 Å². The summed E-state index contributed by atoms with van der Waals surface area (Å²) in [5, 5.41) is 0. The van der Waals surface area contributed by atoms with Gasteiger partial charge in [-0.25, -0.2) is 4.79 Å². The van der Waals surface area contributed by atoms with E-state index in [9.17, 15) is 4.79 Å². The molecule has 0 spiro atoms. The molecule has 1 aliphatic carbocycles. The monoisotopic (exact) mass is 284 g/mol. The number of ether oxygens (including phenoxy) is 2. The Balaban J connectivity index is 2.29. The van der Waals surface area contributed by atoms with E-state index in [4.69, 9.17) is 9.47 Å². The van der Waals surface area contributed by atoms with Crippen molar-refractivity contribution in [2.45, 2.75) is 19.3 Å². The summed E-state index contributed by atoms with van der Waals surface area (Å²) < 4.78 is 9.87. The van der Waals surface area contributed by atoms with Gasteiger partial charge in [0.25, 0.3) is 0 Å². The zero-order valence-corrected chi connectivity index (χ0v) is 12.5. The Bertz CT molecular complexity index is 580. The Hall–Kier alpha value is -2.29. The summed E-state index contributed by atoms with van der Waals surface area (Å²) >= 11 is 0. The lowest BCUT2D eigenvalue weighted by molar-refractivity contribution is -0.136. The highest BCUT2D eigenvalue weighted by molar-refractivity contribution is 5.93. The van der Waals surface area contributed by atoms with Crippen LogP contribution in [-0.2, 0) is 14.3 Å². The van der Waals surface area contributed by atoms with Gasteiger partial charge in [-0.3, -0.25) is 0 Å². The van der Waals surface area contributed by atoms with Crippen LogP contribution < -0.4 is 0 Å². The molecule has 0 fully saturated rings. The van der Waals surface area contributed by atoms with Crippen LogP contribution in [0.2, 0.25) is 0 Å². The minimum absolute atomic E-state index is 0.348. The predicted molar refractivity (Wildman–Crippen MR) is 83.5 cm³/mol. The average Bonchev–Trinajstić information content (AvgIpc) is 2.99. The number of carbonyl (C=O) groups is 1. The lowest BCUT2D eigenvalue weighted by Crippen LogP contribution is -2.07. The fraction of sp³-hybridized carbons (Fsp3) is 0.278. The SMILES string of the molecule is CO/C=C(/C(=O)OC)C1=C(C=Cc2ccccc2)CCC1. The number of rotatable bonds is 5. The number of esters is 1. The third-order valence-corrected chi connectivity index (χ3v) is 3.50. The molecule has 0 saturated carbocycles. The normalized spacial score (nSPS) is 15.6. The Labute approximate surface area is 125 Å². The van der Waals surface area contributed by atoms with Crippen LogP contribution in [0.4, 0.5) is 0 Å². The van der Waals surface area contributed by atoms with Crippen molar-refractivity contribution in [3.8, 4) is 0 Å². The second-order valence-corrected chi connectivity index (χ2v) is 4.86. The molecule has 1 aromatic carbocycles. The van der Waals surface area contributed by atoms with Gasteiger partial charge in [-0.05, 0) is 36.0 Å². The molecule has 0 radical (unpaired) electrons. The van der Waals surface area contributed by atoms with E-state index in [0.717, 1.165) is 30.4 Å². The van der Waals surface area contributed by atoms with Crippen molar-refractivity contribution in [3.05, 3.63) is 65.0 Å². The molecule has 0 bridgehead atoms. The summed E-state index contributed by atoms with van der Waals surface area (Å²) in [7, 11) is 2.93. The smallest absolute Gasteiger partial charge is 0.341 e. The van der Waals surface area contributed by atoms with Crippen LogP contribution in [0.5, 0.6) is 0 Å². The molecule has 0 heterocycles. The molecule has 2 rings (SSSR count). The topological polar surface area (TPSA) is 35.5 Å². The number of hydrogen-bond acceptors (Lipinski definition) is 3. The Morgan fingerprint density at radius 3 is 2.52 bits per heavy atom. The van der Waals surface area contributed by atoms with E-state index >= 15 is 0 Å². The van der Waals surface area contributed by atoms with Gasteiger partial charge in [-0.15, -0.1) is 0 Å². The summed E-state index contributed by atoms with van der Waals surface area (Å²) in [6.45, 7) is 0. The first-order valence-corrected chi connectivity index (χ1v) is 7.03. The number of hydrogen-bond donors (Lipinski definition) is 0. The highest BCUT2D eigenvalue weighted by Gasteiger charge is 2.22. The molecule has 0 aliphatic heterocycles. The average molecular weight is 284 g/mol. The van der Waals surface area contributed by atoms with Gasteiger partial charge >= 0.3 is 5.97 Å². The van der Waals surface area contributed by atoms with Gasteiger partial charge in [0.05, 0.1) is 26.1 Å². The largest absolute Gasteiger partial charge is 0.503 e. The molecule has 0 saturated heterocycles. The molecule has 110 valence electrons. The highest BCUT2D eigenvalue weighted by atomic mass is 16.5. The van der Waals surface area contributed by atoms with Crippen molar-refractivity contribution in [1.29, 1.82) is 0 Å². The van der Waals surface area contributed by atoms with Crippen LogP contribution >= 0.6 is 0 Å². The lowest BCUT2D eigenvalue weighted by Gasteiger charge is -2.08. The first kappa shape index (κ1) is 15.1. The van der Waals surface area contributed by atoms with Crippen LogP contribution in [-0.4, -0.2) is 20.2 Å². The van der Waals surface area contributed by atoms with Crippen molar-refractivity contribution in [3.63, 3.8) is 0 Å². The van der Waals surface area contributed by atoms with Gasteiger partial charge < -0.3 is 9.47 Å². The third kappa shape index (κ3) is 3.85. The van der Waals surface area contributed by atoms with Crippen molar-refractivity contribution in [1.82, 2.24) is 0 Å². The maximum atomic E-state index is 11.9. The molecule has 3 nitrogen and oxygen atoms in total. The summed E-state index contributed by atoms with van der Waals surface area (Å²) in [5.74, 6) is -0.348. The van der Waals surface area contributed by atoms with Crippen LogP contribution in [0.3, 0.4) is 0 Å². The van der Waals surface area contributed by atoms with E-state index < -0.39 is 0 Å². The third-order valence-electron chi connectivity index (χ3n) is 3.50. The van der Waals surface area contributed by atoms with E-state index in [1.165, 1.54) is 26.1 Å². The number of benzene rings is 1. The Morgan fingerprint density at radius 2 is 1.86 bits per heavy atom. The first-order valence-electron chi connectivity index (χ1n) is 7.03. The molecule has 0 aromatic heterocycles. The van der Waals surface area contributed by atoms with Gasteiger partial charge in [0.2, 0.25) is 0 Å². The second-order valence-electron chi connectivity index (χ2n) is 4.86. The van der Waals surface area contributed by atoms with Gasteiger partial charge in [0.1, 0.15) is 0 Å². The van der Waals surface area contributed by atoms with Crippen LogP contribution in [0.15, 0.2) is 59.4 Å². The van der Waals surface area contributed by atoms with E-state index in [1.807, 2.05) is 18.2 Å². The van der Waals surface area contributed by atoms with Crippen LogP contribution in [0.25, 0.3) is 6.08 Å². The molecule has 0 N–H and O–H groups in total. The number of allylic oxidation sites excluding steroid dienone is 2. The van der Waals surface area contributed by atoms with E-state index in [1.54, 1.807) is 0 Å². The first-order chi connectivity index (χ1) is 10.3. The molecule has 3 heteroatoms. The molecule has 1 aromatic rings. The van der Waals surface area contributed by atoms with Crippen molar-refractivity contribution in [2.75, 3.05) is 14.2 Å². The Morgan fingerprint density at radius 1 is 1.10 bits per heavy atom. The van der Waals surface area contributed by atoms with E-state index in [2.05, 4.69) is 24.3 Å². The molecule has 0 unspecified atom stereocenters. The summed E-state index contributed by atoms with van der Waals surface area (Å²) in [6, 6.07) is 10.1. The molecular weight excluding hydrogens is 264 g/mol. The zero-order valence-electron chi connectivity index (χ0n) is 12.5. The molecular formula is C18H20O3. The summed E-state index contributed by atoms with van der Waals surface area (Å²) in [6.07, 6.45) is 8.52. The summed E-state index contributed by atoms with van der Waals surface area (Å²) in [5.41, 5.74) is 3.86. The molecule has 21 heavy (non-hydrogen) atoms. The molecule has 0 amide bonds. The minimum atomic E-state index is -0.348. The number of methoxy groups -OCH3 is 2. The van der Waals surface area contributed by atoms with E-state index in [0.29, 0.717) is 5.57 Å². The predicted octanol–water partition coefficient (Wildman–Crippen LogP) is 3.88. The molecule has 0 atom stereocenters. The zero-order chi connectivity index (χ0) is 15.1. The van der Waals surface area contributed by atoms with Crippen molar-refractivity contribution in [2.24, 2.45) is 0 Å². The van der Waals surface area contributed by atoms with Crippen molar-refractivity contribution >= 4 is 12.0 Å². The maximum absolute atomic E-state index is 11.9. The van der Waals surface area contributed by atoms with Gasteiger partial charge in [-0.1, -0.05) is 42.5 Å². The maximum Gasteiger partial charge on any atom is 0.341 e. The minimum Gasteiger partial charge on any atom is -0.503 e. The molecule has 1 aliphatic rings. The standard InChI is InChI=1S/C18H20O3/c1-20-13-17(18(19)21-2)16-10-6-9-15(16)12-11-14-7-4-3-5-8-14/h3-5,7-8,11-13H,6,9-10H2,1-2H3/b12-11?,17-13+. The Kier molecular flexibility index (Phi) is 5.38. The van der Waals surface area contributed by atoms with Gasteiger partial charge in [0.15, 0.2) is 0 Å². The quantitative estimate of drug-likeness (QED) is 0.467. The highest BCUT2D eigenvalue weighted by Crippen LogP contribution is 2.33. The summed E-state index contributed by atoms with van der Waals surface area (Å²) in [4.78, 5) is 11.9. The van der Waals surface area contributed by atoms with Crippen LogP contribution in [0.1, 0.15) is 24.8 Å². The van der Waals surface area contributed by atoms with Gasteiger partial charge in [-0.2, -0.15) is 0 Å². The lowest BCUT2D eigenvalue weighted by atomic mass is 10.0. The fourth-order valence-corrected chi connectivity index (χ4v) is 2.49. The fourth-order valence-electron chi connectivity index (χ4n) is 2.49. The van der Waals surface area contributed by atoms with Crippen LogP contribution in [0, 0.1) is 0 Å². The number of carbonyl (C=O) groups excluding carboxylic acids is 1.